The van der Waals surface area contributed by atoms with Gasteiger partial charge in [0.1, 0.15) is 0 Å². The third-order valence-electron chi connectivity index (χ3n) is 3.00. The fourth-order valence-electron chi connectivity index (χ4n) is 2.26. The second-order valence-electron chi connectivity index (χ2n) is 5.01. The summed E-state index contributed by atoms with van der Waals surface area (Å²) in [4.78, 5) is 4.51. The molecular formula is C12H17N. The summed E-state index contributed by atoms with van der Waals surface area (Å²) < 4.78 is 0. The first-order valence-electron chi connectivity index (χ1n) is 5.03. The molecule has 70 valence electrons. The molecule has 1 heterocycles. The van der Waals surface area contributed by atoms with E-state index >= 15 is 0 Å². The molecule has 1 unspecified atom stereocenters. The van der Waals surface area contributed by atoms with Gasteiger partial charge in [-0.3, -0.25) is 4.98 Å². The molecule has 0 fully saturated rings. The van der Waals surface area contributed by atoms with Crippen LogP contribution in [0.1, 0.15) is 44.4 Å². The van der Waals surface area contributed by atoms with E-state index in [0.717, 1.165) is 0 Å². The third kappa shape index (κ3) is 1.48. The van der Waals surface area contributed by atoms with Crippen molar-refractivity contribution in [2.45, 2.75) is 39.5 Å². The topological polar surface area (TPSA) is 12.9 Å². The fraction of sp³-hybridized carbons (Fsp3) is 0.583. The summed E-state index contributed by atoms with van der Waals surface area (Å²) in [6.45, 7) is 6.92. The lowest BCUT2D eigenvalue weighted by atomic mass is 9.79. The van der Waals surface area contributed by atoms with Crippen LogP contribution in [-0.2, 0) is 6.42 Å². The molecule has 0 radical (unpaired) electrons. The normalized spacial score (nSPS) is 21.6. The second-order valence-corrected chi connectivity index (χ2v) is 5.01. The largest absolute Gasteiger partial charge is 0.261 e. The average molecular weight is 175 g/mol. The number of pyridine rings is 1. The van der Waals surface area contributed by atoms with Crippen LogP contribution >= 0.6 is 0 Å². The molecule has 0 amide bonds. The number of nitrogens with zero attached hydrogens (tertiary/aromatic N) is 1. The van der Waals surface area contributed by atoms with E-state index in [1.54, 1.807) is 0 Å². The van der Waals surface area contributed by atoms with Crippen molar-refractivity contribution in [1.29, 1.82) is 0 Å². The maximum Gasteiger partial charge on any atom is 0.0471 e. The molecule has 1 aromatic rings. The van der Waals surface area contributed by atoms with Gasteiger partial charge >= 0.3 is 0 Å². The molecule has 1 aliphatic rings. The zero-order valence-corrected chi connectivity index (χ0v) is 8.67. The van der Waals surface area contributed by atoms with Gasteiger partial charge in [-0.15, -0.1) is 0 Å². The number of aromatic nitrogens is 1. The Balaban J connectivity index is 2.39. The van der Waals surface area contributed by atoms with Crippen LogP contribution in [0.25, 0.3) is 0 Å². The average Bonchev–Trinajstić information content (AvgIpc) is 2.45. The Kier molecular flexibility index (Phi) is 1.90. The molecule has 2 rings (SSSR count). The van der Waals surface area contributed by atoms with Gasteiger partial charge in [-0.2, -0.15) is 0 Å². The van der Waals surface area contributed by atoms with Crippen LogP contribution in [0.2, 0.25) is 0 Å². The van der Waals surface area contributed by atoms with E-state index in [4.69, 9.17) is 0 Å². The highest BCUT2D eigenvalue weighted by molar-refractivity contribution is 5.29. The minimum absolute atomic E-state index is 0.361. The van der Waals surface area contributed by atoms with E-state index in [0.29, 0.717) is 11.3 Å². The Morgan fingerprint density at radius 2 is 2.15 bits per heavy atom. The molecule has 0 saturated carbocycles. The maximum atomic E-state index is 4.51. The lowest BCUT2D eigenvalue weighted by molar-refractivity contribution is 0.314. The summed E-state index contributed by atoms with van der Waals surface area (Å²) in [5, 5.41) is 0. The van der Waals surface area contributed by atoms with Gasteiger partial charge in [-0.05, 0) is 29.9 Å². The quantitative estimate of drug-likeness (QED) is 0.590. The highest BCUT2D eigenvalue weighted by Crippen LogP contribution is 2.43. The Morgan fingerprint density at radius 1 is 1.38 bits per heavy atom. The molecule has 0 aromatic carbocycles. The van der Waals surface area contributed by atoms with Crippen LogP contribution in [0.4, 0.5) is 0 Å². The Labute approximate surface area is 80.2 Å². The van der Waals surface area contributed by atoms with Crippen molar-refractivity contribution in [3.05, 3.63) is 29.6 Å². The van der Waals surface area contributed by atoms with Crippen molar-refractivity contribution >= 4 is 0 Å². The van der Waals surface area contributed by atoms with Gasteiger partial charge in [0, 0.05) is 17.8 Å². The summed E-state index contributed by atoms with van der Waals surface area (Å²) in [5.74, 6) is 0.656. The third-order valence-corrected chi connectivity index (χ3v) is 3.00. The van der Waals surface area contributed by atoms with Crippen LogP contribution in [0.5, 0.6) is 0 Å². The molecule has 1 aromatic heterocycles. The van der Waals surface area contributed by atoms with Crippen LogP contribution in [-0.4, -0.2) is 4.98 Å². The molecule has 0 spiro atoms. The van der Waals surface area contributed by atoms with Crippen molar-refractivity contribution < 1.29 is 0 Å². The summed E-state index contributed by atoms with van der Waals surface area (Å²) in [5.41, 5.74) is 3.16. The van der Waals surface area contributed by atoms with Gasteiger partial charge in [0.15, 0.2) is 0 Å². The molecule has 1 atom stereocenters. The first-order valence-corrected chi connectivity index (χ1v) is 5.03. The van der Waals surface area contributed by atoms with Gasteiger partial charge < -0.3 is 0 Å². The van der Waals surface area contributed by atoms with Gasteiger partial charge in [-0.1, -0.05) is 26.8 Å². The first kappa shape index (κ1) is 8.74. The second kappa shape index (κ2) is 2.83. The molecule has 0 saturated heterocycles. The predicted octanol–water partition coefficient (Wildman–Crippen LogP) is 3.16. The molecule has 1 aliphatic carbocycles. The van der Waals surface area contributed by atoms with Crippen LogP contribution in [0.3, 0.4) is 0 Å². The van der Waals surface area contributed by atoms with Gasteiger partial charge in [0.05, 0.1) is 0 Å². The van der Waals surface area contributed by atoms with Crippen LogP contribution in [0, 0.1) is 5.41 Å². The maximum absolute atomic E-state index is 4.51. The van der Waals surface area contributed by atoms with Crippen molar-refractivity contribution in [2.24, 2.45) is 5.41 Å². The standard InChI is InChI=1S/C12H17N/c1-12(2,3)10-7-6-9-5-4-8-13-11(9)10/h4-5,8,10H,6-7H2,1-3H3. The van der Waals surface area contributed by atoms with Crippen molar-refractivity contribution in [3.8, 4) is 0 Å². The number of aryl methyl sites for hydroxylation is 1. The number of fused-ring (bicyclic) bond motifs is 1. The summed E-state index contributed by atoms with van der Waals surface area (Å²) >= 11 is 0. The van der Waals surface area contributed by atoms with E-state index < -0.39 is 0 Å². The van der Waals surface area contributed by atoms with Crippen LogP contribution < -0.4 is 0 Å². The molecule has 13 heavy (non-hydrogen) atoms. The smallest absolute Gasteiger partial charge is 0.0471 e. The Morgan fingerprint density at radius 3 is 2.85 bits per heavy atom. The van der Waals surface area contributed by atoms with Gasteiger partial charge in [0.2, 0.25) is 0 Å². The zero-order chi connectivity index (χ0) is 9.47. The lowest BCUT2D eigenvalue weighted by Crippen LogP contribution is -2.16. The fourth-order valence-corrected chi connectivity index (χ4v) is 2.26. The first-order chi connectivity index (χ1) is 6.09. The van der Waals surface area contributed by atoms with Gasteiger partial charge in [0.25, 0.3) is 0 Å². The van der Waals surface area contributed by atoms with E-state index in [9.17, 15) is 0 Å². The molecule has 1 heteroatoms. The van der Waals surface area contributed by atoms with E-state index in [2.05, 4.69) is 31.8 Å². The van der Waals surface area contributed by atoms with Crippen molar-refractivity contribution in [2.75, 3.05) is 0 Å². The van der Waals surface area contributed by atoms with E-state index in [1.807, 2.05) is 12.3 Å². The van der Waals surface area contributed by atoms with E-state index in [1.165, 1.54) is 24.1 Å². The highest BCUT2D eigenvalue weighted by atomic mass is 14.7. The molecule has 1 nitrogen and oxygen atoms in total. The minimum Gasteiger partial charge on any atom is -0.261 e. The SMILES string of the molecule is CC(C)(C)C1CCc2cccnc21. The number of hydrogen-bond donors (Lipinski definition) is 0. The molecule has 0 N–H and O–H groups in total. The molecule has 0 aliphatic heterocycles. The summed E-state index contributed by atoms with van der Waals surface area (Å²) in [6.07, 6.45) is 4.41. The minimum atomic E-state index is 0.361. The zero-order valence-electron chi connectivity index (χ0n) is 8.67. The Bertz CT molecular complexity index is 309. The highest BCUT2D eigenvalue weighted by Gasteiger charge is 2.32. The molecular weight excluding hydrogens is 158 g/mol. The van der Waals surface area contributed by atoms with Crippen molar-refractivity contribution in [3.63, 3.8) is 0 Å². The molecule has 0 bridgehead atoms. The monoisotopic (exact) mass is 175 g/mol. The van der Waals surface area contributed by atoms with Gasteiger partial charge in [-0.25, -0.2) is 0 Å². The summed E-state index contributed by atoms with van der Waals surface area (Å²) in [6, 6.07) is 4.26. The summed E-state index contributed by atoms with van der Waals surface area (Å²) in [7, 11) is 0. The number of hydrogen-bond acceptors (Lipinski definition) is 1. The Hall–Kier alpha value is -0.850. The number of rotatable bonds is 0. The van der Waals surface area contributed by atoms with E-state index in [-0.39, 0.29) is 0 Å². The predicted molar refractivity (Wildman–Crippen MR) is 54.8 cm³/mol. The lowest BCUT2D eigenvalue weighted by Gasteiger charge is -2.26. The van der Waals surface area contributed by atoms with Crippen LogP contribution in [0.15, 0.2) is 18.3 Å². The van der Waals surface area contributed by atoms with Crippen molar-refractivity contribution in [1.82, 2.24) is 4.98 Å².